The molecule has 0 amide bonds. The Bertz CT molecular complexity index is 358. The molecule has 3 heteroatoms. The lowest BCUT2D eigenvalue weighted by atomic mass is 10.2. The van der Waals surface area contributed by atoms with E-state index >= 15 is 0 Å². The van der Waals surface area contributed by atoms with E-state index in [1.807, 2.05) is 11.8 Å². The summed E-state index contributed by atoms with van der Waals surface area (Å²) in [6.07, 6.45) is 8.88. The minimum absolute atomic E-state index is 1.00. The predicted molar refractivity (Wildman–Crippen MR) is 91.8 cm³/mol. The zero-order chi connectivity index (χ0) is 14.0. The van der Waals surface area contributed by atoms with E-state index in [0.717, 1.165) is 13.1 Å². The van der Waals surface area contributed by atoms with Crippen molar-refractivity contribution in [1.29, 1.82) is 0 Å². The van der Waals surface area contributed by atoms with Crippen molar-refractivity contribution in [3.63, 3.8) is 0 Å². The van der Waals surface area contributed by atoms with Crippen LogP contribution in [0.5, 0.6) is 0 Å². The third kappa shape index (κ3) is 5.37. The standard InChI is InChI=1S/C17H28N2S/c1-20-14-6-2-3-11-18-15-16-7-9-17(10-8-16)19-12-4-5-13-19/h7-10,18H,2-6,11-15H2,1H3. The highest BCUT2D eigenvalue weighted by Crippen LogP contribution is 2.20. The van der Waals surface area contributed by atoms with Crippen molar-refractivity contribution < 1.29 is 0 Å². The molecule has 2 nitrogen and oxygen atoms in total. The minimum atomic E-state index is 1.00. The second-order valence-corrected chi connectivity index (χ2v) is 6.58. The van der Waals surface area contributed by atoms with Gasteiger partial charge in [0, 0.05) is 25.3 Å². The first-order valence-electron chi connectivity index (χ1n) is 7.94. The number of thioether (sulfide) groups is 1. The molecule has 0 unspecified atom stereocenters. The molecule has 20 heavy (non-hydrogen) atoms. The Kier molecular flexibility index (Phi) is 7.31. The molecule has 0 atom stereocenters. The molecule has 112 valence electrons. The summed E-state index contributed by atoms with van der Waals surface area (Å²) in [5.41, 5.74) is 2.79. The number of benzene rings is 1. The molecular formula is C17H28N2S. The third-order valence-electron chi connectivity index (χ3n) is 3.94. The van der Waals surface area contributed by atoms with Crippen molar-refractivity contribution in [2.75, 3.05) is 36.5 Å². The lowest BCUT2D eigenvalue weighted by Gasteiger charge is -2.17. The van der Waals surface area contributed by atoms with Gasteiger partial charge in [-0.2, -0.15) is 11.8 Å². The fraction of sp³-hybridized carbons (Fsp3) is 0.647. The number of nitrogens with zero attached hydrogens (tertiary/aromatic N) is 1. The third-order valence-corrected chi connectivity index (χ3v) is 4.64. The van der Waals surface area contributed by atoms with E-state index in [0.29, 0.717) is 0 Å². The van der Waals surface area contributed by atoms with Crippen LogP contribution in [0.2, 0.25) is 0 Å². The van der Waals surface area contributed by atoms with E-state index in [9.17, 15) is 0 Å². The molecule has 0 bridgehead atoms. The SMILES string of the molecule is CSCCCCCNCc1ccc(N2CCCC2)cc1. The molecule has 1 fully saturated rings. The fourth-order valence-corrected chi connectivity index (χ4v) is 3.20. The summed E-state index contributed by atoms with van der Waals surface area (Å²) in [7, 11) is 0. The summed E-state index contributed by atoms with van der Waals surface area (Å²) < 4.78 is 0. The van der Waals surface area contributed by atoms with E-state index in [4.69, 9.17) is 0 Å². The molecular weight excluding hydrogens is 264 g/mol. The Balaban J connectivity index is 1.61. The first-order valence-corrected chi connectivity index (χ1v) is 9.33. The predicted octanol–water partition coefficient (Wildman–Crippen LogP) is 3.91. The molecule has 2 rings (SSSR count). The molecule has 0 radical (unpaired) electrons. The van der Waals surface area contributed by atoms with Gasteiger partial charge in [-0.1, -0.05) is 18.6 Å². The average molecular weight is 292 g/mol. The number of nitrogens with one attached hydrogen (secondary N) is 1. The average Bonchev–Trinajstić information content (AvgIpc) is 3.01. The molecule has 1 heterocycles. The summed E-state index contributed by atoms with van der Waals surface area (Å²) in [5.74, 6) is 1.30. The van der Waals surface area contributed by atoms with Crippen molar-refractivity contribution in [3.8, 4) is 0 Å². The summed E-state index contributed by atoms with van der Waals surface area (Å²) in [4.78, 5) is 2.49. The monoisotopic (exact) mass is 292 g/mol. The van der Waals surface area contributed by atoms with E-state index in [2.05, 4.69) is 40.7 Å². The van der Waals surface area contributed by atoms with Crippen molar-refractivity contribution in [2.45, 2.75) is 38.6 Å². The Morgan fingerprint density at radius 1 is 1.05 bits per heavy atom. The van der Waals surface area contributed by atoms with Crippen LogP contribution < -0.4 is 10.2 Å². The van der Waals surface area contributed by atoms with Crippen molar-refractivity contribution in [2.24, 2.45) is 0 Å². The van der Waals surface area contributed by atoms with Crippen LogP contribution in [-0.2, 0) is 6.54 Å². The summed E-state index contributed by atoms with van der Waals surface area (Å²) >= 11 is 1.95. The smallest absolute Gasteiger partial charge is 0.0366 e. The van der Waals surface area contributed by atoms with Crippen LogP contribution in [0.3, 0.4) is 0 Å². The highest BCUT2D eigenvalue weighted by Gasteiger charge is 2.11. The number of rotatable bonds is 9. The highest BCUT2D eigenvalue weighted by molar-refractivity contribution is 7.98. The van der Waals surface area contributed by atoms with Gasteiger partial charge in [-0.3, -0.25) is 0 Å². The Labute approximate surface area is 128 Å². The Morgan fingerprint density at radius 2 is 1.80 bits per heavy atom. The summed E-state index contributed by atoms with van der Waals surface area (Å²) in [5, 5.41) is 3.55. The van der Waals surface area contributed by atoms with Gasteiger partial charge in [0.05, 0.1) is 0 Å². The number of anilines is 1. The number of unbranched alkanes of at least 4 members (excludes halogenated alkanes) is 2. The Hall–Kier alpha value is -0.670. The van der Waals surface area contributed by atoms with E-state index in [1.165, 1.54) is 62.2 Å². The Morgan fingerprint density at radius 3 is 2.50 bits per heavy atom. The topological polar surface area (TPSA) is 15.3 Å². The second-order valence-electron chi connectivity index (χ2n) is 5.59. The first kappa shape index (κ1) is 15.7. The molecule has 0 saturated carbocycles. The zero-order valence-corrected chi connectivity index (χ0v) is 13.6. The molecule has 1 aliphatic heterocycles. The number of hydrogen-bond acceptors (Lipinski definition) is 3. The van der Waals surface area contributed by atoms with E-state index in [1.54, 1.807) is 0 Å². The molecule has 1 aromatic rings. The summed E-state index contributed by atoms with van der Waals surface area (Å²) in [6.45, 7) is 4.60. The lowest BCUT2D eigenvalue weighted by molar-refractivity contribution is 0.618. The van der Waals surface area contributed by atoms with Gasteiger partial charge >= 0.3 is 0 Å². The van der Waals surface area contributed by atoms with Crippen molar-refractivity contribution in [3.05, 3.63) is 29.8 Å². The first-order chi connectivity index (χ1) is 9.90. The largest absolute Gasteiger partial charge is 0.372 e. The van der Waals surface area contributed by atoms with Gasteiger partial charge in [0.15, 0.2) is 0 Å². The minimum Gasteiger partial charge on any atom is -0.372 e. The van der Waals surface area contributed by atoms with E-state index < -0.39 is 0 Å². The highest BCUT2D eigenvalue weighted by atomic mass is 32.2. The van der Waals surface area contributed by atoms with Crippen LogP contribution >= 0.6 is 11.8 Å². The maximum Gasteiger partial charge on any atom is 0.0366 e. The van der Waals surface area contributed by atoms with Gasteiger partial charge in [0.25, 0.3) is 0 Å². The molecule has 1 aromatic carbocycles. The van der Waals surface area contributed by atoms with Crippen molar-refractivity contribution >= 4 is 17.4 Å². The quantitative estimate of drug-likeness (QED) is 0.695. The van der Waals surface area contributed by atoms with Gasteiger partial charge < -0.3 is 10.2 Å². The molecule has 1 aliphatic rings. The molecule has 0 aliphatic carbocycles. The van der Waals surface area contributed by atoms with Gasteiger partial charge in [-0.05, 0) is 61.9 Å². The fourth-order valence-electron chi connectivity index (χ4n) is 2.71. The van der Waals surface area contributed by atoms with Gasteiger partial charge in [0.1, 0.15) is 0 Å². The normalized spacial score (nSPS) is 14.9. The second kappa shape index (κ2) is 9.30. The zero-order valence-electron chi connectivity index (χ0n) is 12.7. The van der Waals surface area contributed by atoms with Crippen LogP contribution in [0.15, 0.2) is 24.3 Å². The van der Waals surface area contributed by atoms with Gasteiger partial charge in [-0.15, -0.1) is 0 Å². The van der Waals surface area contributed by atoms with Crippen LogP contribution in [-0.4, -0.2) is 31.6 Å². The maximum absolute atomic E-state index is 3.55. The van der Waals surface area contributed by atoms with Crippen LogP contribution in [0.4, 0.5) is 5.69 Å². The van der Waals surface area contributed by atoms with Crippen molar-refractivity contribution in [1.82, 2.24) is 5.32 Å². The molecule has 0 spiro atoms. The van der Waals surface area contributed by atoms with E-state index in [-0.39, 0.29) is 0 Å². The van der Waals surface area contributed by atoms with Gasteiger partial charge in [0.2, 0.25) is 0 Å². The van der Waals surface area contributed by atoms with Crippen LogP contribution in [0.1, 0.15) is 37.7 Å². The maximum atomic E-state index is 3.55. The van der Waals surface area contributed by atoms with Crippen LogP contribution in [0, 0.1) is 0 Å². The lowest BCUT2D eigenvalue weighted by Crippen LogP contribution is -2.18. The summed E-state index contributed by atoms with van der Waals surface area (Å²) in [6, 6.07) is 9.10. The molecule has 1 N–H and O–H groups in total. The van der Waals surface area contributed by atoms with Crippen LogP contribution in [0.25, 0.3) is 0 Å². The van der Waals surface area contributed by atoms with Gasteiger partial charge in [-0.25, -0.2) is 0 Å². The molecule has 1 saturated heterocycles. The molecule has 0 aromatic heterocycles. The number of hydrogen-bond donors (Lipinski definition) is 1.